The molecule has 0 spiro atoms. The van der Waals surface area contributed by atoms with Crippen LogP contribution in [0.25, 0.3) is 0 Å². The Labute approximate surface area is 87.0 Å². The van der Waals surface area contributed by atoms with Crippen molar-refractivity contribution < 1.29 is 0 Å². The maximum Gasteiger partial charge on any atom is 0.142 e. The number of nitrogens with zero attached hydrogens (tertiary/aromatic N) is 2. The van der Waals surface area contributed by atoms with Gasteiger partial charge < -0.3 is 5.32 Å². The molecule has 1 heterocycles. The summed E-state index contributed by atoms with van der Waals surface area (Å²) in [5, 5.41) is 3.03. The number of aromatic nitrogens is 2. The zero-order valence-corrected chi connectivity index (χ0v) is 9.83. The van der Waals surface area contributed by atoms with Crippen molar-refractivity contribution in [3.8, 4) is 0 Å². The van der Waals surface area contributed by atoms with Crippen LogP contribution in [0.2, 0.25) is 0 Å². The van der Waals surface area contributed by atoms with Gasteiger partial charge in [0.15, 0.2) is 0 Å². The Morgan fingerprint density at radius 1 is 1.36 bits per heavy atom. The molecule has 3 nitrogen and oxygen atoms in total. The summed E-state index contributed by atoms with van der Waals surface area (Å²) in [5.41, 5.74) is 1.11. The van der Waals surface area contributed by atoms with Crippen molar-refractivity contribution in [2.45, 2.75) is 40.2 Å². The molecule has 80 valence electrons. The summed E-state index contributed by atoms with van der Waals surface area (Å²) in [7, 11) is 1.89. The molecule has 0 aromatic carbocycles. The lowest BCUT2D eigenvalue weighted by Gasteiger charge is -2.05. The molecular weight excluding hydrogens is 174 g/mol. The second-order valence-electron chi connectivity index (χ2n) is 3.08. The standard InChI is InChI=1S/C9H15N3.C2H6/c1-7(2)8-4-5-11-9(12-8)6-10-3;1-2/h4-5,7,10H,6H2,1-3H3;1-2H3. The van der Waals surface area contributed by atoms with Gasteiger partial charge in [-0.15, -0.1) is 0 Å². The van der Waals surface area contributed by atoms with E-state index in [0.717, 1.165) is 18.1 Å². The molecule has 1 aromatic heterocycles. The van der Waals surface area contributed by atoms with Gasteiger partial charge in [0.25, 0.3) is 0 Å². The SMILES string of the molecule is CC.CNCc1nccc(C(C)C)n1. The van der Waals surface area contributed by atoms with Gasteiger partial charge in [-0.1, -0.05) is 27.7 Å². The molecule has 0 fully saturated rings. The van der Waals surface area contributed by atoms with Crippen LogP contribution in [0.3, 0.4) is 0 Å². The Balaban J connectivity index is 0.000000791. The predicted octanol–water partition coefficient (Wildman–Crippen LogP) is 2.35. The first-order valence-electron chi connectivity index (χ1n) is 5.20. The summed E-state index contributed by atoms with van der Waals surface area (Å²) in [6.07, 6.45) is 1.81. The molecule has 14 heavy (non-hydrogen) atoms. The van der Waals surface area contributed by atoms with Gasteiger partial charge in [-0.05, 0) is 19.0 Å². The van der Waals surface area contributed by atoms with E-state index in [-0.39, 0.29) is 0 Å². The largest absolute Gasteiger partial charge is 0.313 e. The lowest BCUT2D eigenvalue weighted by molar-refractivity contribution is 0.725. The maximum absolute atomic E-state index is 4.39. The van der Waals surface area contributed by atoms with E-state index in [1.54, 1.807) is 0 Å². The van der Waals surface area contributed by atoms with Gasteiger partial charge >= 0.3 is 0 Å². The molecule has 0 aliphatic rings. The number of nitrogens with one attached hydrogen (secondary N) is 1. The smallest absolute Gasteiger partial charge is 0.142 e. The highest BCUT2D eigenvalue weighted by atomic mass is 14.9. The van der Waals surface area contributed by atoms with Crippen molar-refractivity contribution in [3.63, 3.8) is 0 Å². The monoisotopic (exact) mass is 195 g/mol. The summed E-state index contributed by atoms with van der Waals surface area (Å²) in [5.74, 6) is 1.34. The Hall–Kier alpha value is -0.960. The molecule has 0 radical (unpaired) electrons. The lowest BCUT2D eigenvalue weighted by Crippen LogP contribution is -2.10. The van der Waals surface area contributed by atoms with E-state index in [2.05, 4.69) is 29.1 Å². The van der Waals surface area contributed by atoms with E-state index < -0.39 is 0 Å². The third-order valence-electron chi connectivity index (χ3n) is 1.65. The Morgan fingerprint density at radius 3 is 2.50 bits per heavy atom. The van der Waals surface area contributed by atoms with Gasteiger partial charge in [0.1, 0.15) is 5.82 Å². The molecule has 0 saturated carbocycles. The fraction of sp³-hybridized carbons (Fsp3) is 0.636. The summed E-state index contributed by atoms with van der Waals surface area (Å²) < 4.78 is 0. The topological polar surface area (TPSA) is 37.8 Å². The molecule has 3 heteroatoms. The van der Waals surface area contributed by atoms with E-state index >= 15 is 0 Å². The quantitative estimate of drug-likeness (QED) is 0.804. The van der Waals surface area contributed by atoms with Crippen LogP contribution < -0.4 is 5.32 Å². The fourth-order valence-electron chi connectivity index (χ4n) is 0.980. The highest BCUT2D eigenvalue weighted by Crippen LogP contribution is 2.09. The molecule has 0 atom stereocenters. The normalized spacial score (nSPS) is 9.57. The van der Waals surface area contributed by atoms with E-state index in [1.165, 1.54) is 0 Å². The average molecular weight is 195 g/mol. The summed E-state index contributed by atoms with van der Waals surface area (Å²) >= 11 is 0. The van der Waals surface area contributed by atoms with Gasteiger partial charge in [0.05, 0.1) is 6.54 Å². The molecule has 0 unspecified atom stereocenters. The Morgan fingerprint density at radius 2 is 2.00 bits per heavy atom. The van der Waals surface area contributed by atoms with Crippen LogP contribution in [0.1, 0.15) is 45.1 Å². The van der Waals surface area contributed by atoms with Crippen LogP contribution in [0.5, 0.6) is 0 Å². The van der Waals surface area contributed by atoms with Crippen molar-refractivity contribution in [1.29, 1.82) is 0 Å². The summed E-state index contributed by atoms with van der Waals surface area (Å²) in [6, 6.07) is 1.96. The summed E-state index contributed by atoms with van der Waals surface area (Å²) in [6.45, 7) is 9.00. The average Bonchev–Trinajstić information content (AvgIpc) is 2.22. The van der Waals surface area contributed by atoms with Crippen LogP contribution in [0.4, 0.5) is 0 Å². The molecule has 0 bridgehead atoms. The lowest BCUT2D eigenvalue weighted by atomic mass is 10.1. The first kappa shape index (κ1) is 13.0. The number of hydrogen-bond acceptors (Lipinski definition) is 3. The van der Waals surface area contributed by atoms with E-state index in [4.69, 9.17) is 0 Å². The molecule has 0 saturated heterocycles. The molecule has 1 N–H and O–H groups in total. The molecule has 0 aliphatic heterocycles. The van der Waals surface area contributed by atoms with Crippen molar-refractivity contribution in [2.24, 2.45) is 0 Å². The van der Waals surface area contributed by atoms with Gasteiger partial charge in [-0.3, -0.25) is 0 Å². The van der Waals surface area contributed by atoms with E-state index in [1.807, 2.05) is 33.2 Å². The van der Waals surface area contributed by atoms with Crippen LogP contribution in [0.15, 0.2) is 12.3 Å². The highest BCUT2D eigenvalue weighted by molar-refractivity contribution is 5.06. The van der Waals surface area contributed by atoms with Gasteiger partial charge in [0.2, 0.25) is 0 Å². The predicted molar refractivity (Wildman–Crippen MR) is 60.2 cm³/mol. The minimum absolute atomic E-state index is 0.476. The molecular formula is C11H21N3. The molecule has 0 aliphatic carbocycles. The van der Waals surface area contributed by atoms with Crippen molar-refractivity contribution in [1.82, 2.24) is 15.3 Å². The molecule has 1 aromatic rings. The van der Waals surface area contributed by atoms with Gasteiger partial charge in [-0.25, -0.2) is 9.97 Å². The third kappa shape index (κ3) is 4.33. The van der Waals surface area contributed by atoms with Crippen LogP contribution in [0, 0.1) is 0 Å². The molecule has 0 amide bonds. The van der Waals surface area contributed by atoms with Crippen LogP contribution in [-0.4, -0.2) is 17.0 Å². The first-order valence-corrected chi connectivity index (χ1v) is 5.20. The van der Waals surface area contributed by atoms with Gasteiger partial charge in [-0.2, -0.15) is 0 Å². The van der Waals surface area contributed by atoms with Crippen molar-refractivity contribution in [3.05, 3.63) is 23.8 Å². The minimum atomic E-state index is 0.476. The highest BCUT2D eigenvalue weighted by Gasteiger charge is 2.01. The zero-order chi connectivity index (χ0) is 11.0. The first-order chi connectivity index (χ1) is 6.74. The second kappa shape index (κ2) is 7.44. The number of rotatable bonds is 3. The summed E-state index contributed by atoms with van der Waals surface area (Å²) in [4.78, 5) is 8.53. The third-order valence-corrected chi connectivity index (χ3v) is 1.65. The molecule has 1 rings (SSSR count). The second-order valence-corrected chi connectivity index (χ2v) is 3.08. The fourth-order valence-corrected chi connectivity index (χ4v) is 0.980. The van der Waals surface area contributed by atoms with Crippen molar-refractivity contribution >= 4 is 0 Å². The number of hydrogen-bond donors (Lipinski definition) is 1. The minimum Gasteiger partial charge on any atom is -0.313 e. The van der Waals surface area contributed by atoms with Crippen LogP contribution in [-0.2, 0) is 6.54 Å². The van der Waals surface area contributed by atoms with Crippen molar-refractivity contribution in [2.75, 3.05) is 7.05 Å². The Kier molecular flexibility index (Phi) is 6.93. The Bertz CT molecular complexity index is 246. The van der Waals surface area contributed by atoms with Gasteiger partial charge in [0, 0.05) is 11.9 Å². The zero-order valence-electron chi connectivity index (χ0n) is 9.83. The van der Waals surface area contributed by atoms with E-state index in [0.29, 0.717) is 5.92 Å². The maximum atomic E-state index is 4.39. The van der Waals surface area contributed by atoms with E-state index in [9.17, 15) is 0 Å². The van der Waals surface area contributed by atoms with Crippen LogP contribution >= 0.6 is 0 Å².